The van der Waals surface area contributed by atoms with Crippen molar-refractivity contribution in [3.05, 3.63) is 59.7 Å². The number of hydrogen-bond acceptors (Lipinski definition) is 4. The largest absolute Gasteiger partial charge is 0.492 e. The lowest BCUT2D eigenvalue weighted by Crippen LogP contribution is -2.40. The van der Waals surface area contributed by atoms with Crippen LogP contribution in [0.3, 0.4) is 0 Å². The molecule has 1 atom stereocenters. The maximum absolute atomic E-state index is 11.9. The standard InChI is InChI=1S/C22H29Cl2NO3/c1-17(16-25(2)3)22(26,18-4-8-20(9-5-18)27-14-12-23)19-6-10-21(11-7-19)28-15-13-24/h4-11,17,26H,12-16H2,1-3H3. The summed E-state index contributed by atoms with van der Waals surface area (Å²) in [6, 6.07) is 15.1. The minimum Gasteiger partial charge on any atom is -0.492 e. The zero-order valence-electron chi connectivity index (χ0n) is 16.7. The Morgan fingerprint density at radius 2 is 1.25 bits per heavy atom. The van der Waals surface area contributed by atoms with Gasteiger partial charge in [0.2, 0.25) is 0 Å². The van der Waals surface area contributed by atoms with Gasteiger partial charge < -0.3 is 19.5 Å². The lowest BCUT2D eigenvalue weighted by atomic mass is 9.76. The highest BCUT2D eigenvalue weighted by atomic mass is 35.5. The molecule has 2 aromatic rings. The lowest BCUT2D eigenvalue weighted by molar-refractivity contribution is 0.0134. The summed E-state index contributed by atoms with van der Waals surface area (Å²) < 4.78 is 11.1. The molecule has 28 heavy (non-hydrogen) atoms. The Labute approximate surface area is 178 Å². The highest BCUT2D eigenvalue weighted by Gasteiger charge is 2.38. The molecular weight excluding hydrogens is 397 g/mol. The van der Waals surface area contributed by atoms with Gasteiger partial charge in [-0.05, 0) is 49.5 Å². The molecule has 0 aromatic heterocycles. The van der Waals surface area contributed by atoms with Gasteiger partial charge in [0.15, 0.2) is 0 Å². The van der Waals surface area contributed by atoms with Gasteiger partial charge >= 0.3 is 0 Å². The fourth-order valence-corrected chi connectivity index (χ4v) is 3.49. The molecule has 0 saturated heterocycles. The zero-order valence-corrected chi connectivity index (χ0v) is 18.2. The molecule has 0 heterocycles. The normalized spacial score (nSPS) is 12.8. The Bertz CT molecular complexity index is 653. The molecule has 0 saturated carbocycles. The summed E-state index contributed by atoms with van der Waals surface area (Å²) in [6.07, 6.45) is 0. The number of hydrogen-bond donors (Lipinski definition) is 1. The molecule has 0 aliphatic heterocycles. The molecule has 0 bridgehead atoms. The minimum absolute atomic E-state index is 0.0493. The summed E-state index contributed by atoms with van der Waals surface area (Å²) in [7, 11) is 4.01. The van der Waals surface area contributed by atoms with Gasteiger partial charge in [0.25, 0.3) is 0 Å². The molecule has 0 radical (unpaired) electrons. The second kappa shape index (κ2) is 10.9. The molecule has 0 spiro atoms. The van der Waals surface area contributed by atoms with E-state index in [1.807, 2.05) is 62.6 Å². The van der Waals surface area contributed by atoms with Crippen LogP contribution in [0.4, 0.5) is 0 Å². The number of rotatable bonds is 11. The number of alkyl halides is 2. The molecule has 0 aliphatic carbocycles. The van der Waals surface area contributed by atoms with Crippen LogP contribution in [0.15, 0.2) is 48.5 Å². The van der Waals surface area contributed by atoms with E-state index in [1.165, 1.54) is 0 Å². The van der Waals surface area contributed by atoms with Crippen LogP contribution in [0.25, 0.3) is 0 Å². The van der Waals surface area contributed by atoms with Crippen LogP contribution in [-0.2, 0) is 5.60 Å². The molecule has 0 amide bonds. The molecule has 154 valence electrons. The molecule has 1 unspecified atom stereocenters. The van der Waals surface area contributed by atoms with Gasteiger partial charge in [-0.2, -0.15) is 0 Å². The highest BCUT2D eigenvalue weighted by molar-refractivity contribution is 6.18. The molecular formula is C22H29Cl2NO3. The van der Waals surface area contributed by atoms with Crippen molar-refractivity contribution >= 4 is 23.2 Å². The van der Waals surface area contributed by atoms with Crippen molar-refractivity contribution < 1.29 is 14.6 Å². The predicted molar refractivity (Wildman–Crippen MR) is 116 cm³/mol. The van der Waals surface area contributed by atoms with E-state index in [1.54, 1.807) is 0 Å². The smallest absolute Gasteiger partial charge is 0.119 e. The Balaban J connectivity index is 2.37. The topological polar surface area (TPSA) is 41.9 Å². The third kappa shape index (κ3) is 5.77. The van der Waals surface area contributed by atoms with E-state index in [2.05, 4.69) is 11.8 Å². The highest BCUT2D eigenvalue weighted by Crippen LogP contribution is 2.38. The van der Waals surface area contributed by atoms with E-state index < -0.39 is 5.60 Å². The minimum atomic E-state index is -1.15. The van der Waals surface area contributed by atoms with Gasteiger partial charge in [-0.15, -0.1) is 23.2 Å². The second-order valence-electron chi connectivity index (χ2n) is 7.05. The monoisotopic (exact) mass is 425 g/mol. The van der Waals surface area contributed by atoms with E-state index >= 15 is 0 Å². The van der Waals surface area contributed by atoms with E-state index in [-0.39, 0.29) is 5.92 Å². The number of aliphatic hydroxyl groups is 1. The Hall–Kier alpha value is -1.46. The van der Waals surface area contributed by atoms with Gasteiger partial charge in [0, 0.05) is 12.5 Å². The van der Waals surface area contributed by atoms with Crippen LogP contribution in [0.2, 0.25) is 0 Å². The first-order valence-electron chi connectivity index (χ1n) is 9.37. The van der Waals surface area contributed by atoms with Crippen molar-refractivity contribution in [2.24, 2.45) is 5.92 Å². The van der Waals surface area contributed by atoms with Crippen molar-refractivity contribution in [2.75, 3.05) is 45.6 Å². The van der Waals surface area contributed by atoms with E-state index in [9.17, 15) is 5.11 Å². The van der Waals surface area contributed by atoms with Crippen LogP contribution in [0, 0.1) is 5.92 Å². The van der Waals surface area contributed by atoms with Crippen molar-refractivity contribution in [3.63, 3.8) is 0 Å². The van der Waals surface area contributed by atoms with Crippen LogP contribution in [-0.4, -0.2) is 55.6 Å². The summed E-state index contributed by atoms with van der Waals surface area (Å²) in [5.41, 5.74) is 0.476. The Morgan fingerprint density at radius 3 is 1.57 bits per heavy atom. The Morgan fingerprint density at radius 1 is 0.857 bits per heavy atom. The molecule has 4 nitrogen and oxygen atoms in total. The first-order valence-corrected chi connectivity index (χ1v) is 10.4. The molecule has 2 aromatic carbocycles. The predicted octanol–water partition coefficient (Wildman–Crippen LogP) is 4.36. The van der Waals surface area contributed by atoms with Gasteiger partial charge in [0.1, 0.15) is 30.3 Å². The van der Waals surface area contributed by atoms with Gasteiger partial charge in [-0.1, -0.05) is 31.2 Å². The molecule has 6 heteroatoms. The molecule has 1 N–H and O–H groups in total. The third-order valence-electron chi connectivity index (χ3n) is 4.63. The van der Waals surface area contributed by atoms with Crippen LogP contribution < -0.4 is 9.47 Å². The maximum atomic E-state index is 11.9. The maximum Gasteiger partial charge on any atom is 0.119 e. The van der Waals surface area contributed by atoms with Crippen LogP contribution in [0.5, 0.6) is 11.5 Å². The SMILES string of the molecule is CC(CN(C)C)C(O)(c1ccc(OCCCl)cc1)c1ccc(OCCCl)cc1. The third-order valence-corrected chi connectivity index (χ3v) is 4.94. The first-order chi connectivity index (χ1) is 13.4. The quantitative estimate of drug-likeness (QED) is 0.543. The average molecular weight is 426 g/mol. The van der Waals surface area contributed by atoms with Crippen molar-refractivity contribution in [1.82, 2.24) is 4.90 Å². The Kier molecular flexibility index (Phi) is 8.90. The zero-order chi connectivity index (χ0) is 20.6. The van der Waals surface area contributed by atoms with Gasteiger partial charge in [-0.3, -0.25) is 0 Å². The van der Waals surface area contributed by atoms with Gasteiger partial charge in [-0.25, -0.2) is 0 Å². The van der Waals surface area contributed by atoms with E-state index in [0.29, 0.717) is 25.0 Å². The van der Waals surface area contributed by atoms with Crippen LogP contribution in [0.1, 0.15) is 18.1 Å². The molecule has 0 aliphatic rings. The first kappa shape index (κ1) is 22.8. The summed E-state index contributed by atoms with van der Waals surface area (Å²) in [6.45, 7) is 3.68. The summed E-state index contributed by atoms with van der Waals surface area (Å²) in [4.78, 5) is 2.07. The molecule has 0 fully saturated rings. The van der Waals surface area contributed by atoms with Crippen LogP contribution >= 0.6 is 23.2 Å². The fourth-order valence-electron chi connectivity index (χ4n) is 3.34. The number of ether oxygens (including phenoxy) is 2. The molecule has 2 rings (SSSR count). The van der Waals surface area contributed by atoms with Crippen molar-refractivity contribution in [2.45, 2.75) is 12.5 Å². The van der Waals surface area contributed by atoms with E-state index in [4.69, 9.17) is 32.7 Å². The number of nitrogens with zero attached hydrogens (tertiary/aromatic N) is 1. The second-order valence-corrected chi connectivity index (χ2v) is 7.81. The summed E-state index contributed by atoms with van der Waals surface area (Å²) >= 11 is 11.4. The summed E-state index contributed by atoms with van der Waals surface area (Å²) in [5, 5.41) is 11.9. The number of halogens is 2. The number of benzene rings is 2. The summed E-state index contributed by atoms with van der Waals surface area (Å²) in [5.74, 6) is 2.29. The fraction of sp³-hybridized carbons (Fsp3) is 0.455. The van der Waals surface area contributed by atoms with Crippen molar-refractivity contribution in [1.29, 1.82) is 0 Å². The van der Waals surface area contributed by atoms with Gasteiger partial charge in [0.05, 0.1) is 11.8 Å². The van der Waals surface area contributed by atoms with E-state index in [0.717, 1.165) is 29.2 Å². The lowest BCUT2D eigenvalue weighted by Gasteiger charge is -2.37. The van der Waals surface area contributed by atoms with Crippen molar-refractivity contribution in [3.8, 4) is 11.5 Å². The average Bonchev–Trinajstić information content (AvgIpc) is 2.70.